The first-order valence-electron chi connectivity index (χ1n) is 6.43. The first-order valence-corrected chi connectivity index (χ1v) is 6.43. The quantitative estimate of drug-likeness (QED) is 0.826. The van der Waals surface area contributed by atoms with Crippen molar-refractivity contribution in [1.82, 2.24) is 0 Å². The third-order valence-electron chi connectivity index (χ3n) is 3.60. The Morgan fingerprint density at radius 1 is 1.25 bits per heavy atom. The van der Waals surface area contributed by atoms with Gasteiger partial charge in [-0.2, -0.15) is 18.4 Å². The molecule has 1 aromatic rings. The third-order valence-corrected chi connectivity index (χ3v) is 3.60. The molecule has 1 saturated carbocycles. The minimum Gasteiger partial charge on any atom is -0.381 e. The van der Waals surface area contributed by atoms with Crippen molar-refractivity contribution < 1.29 is 17.6 Å². The second-order valence-electron chi connectivity index (χ2n) is 5.05. The molecule has 20 heavy (non-hydrogen) atoms. The molecule has 0 heterocycles. The van der Waals surface area contributed by atoms with Gasteiger partial charge in [-0.15, -0.1) is 0 Å². The van der Waals surface area contributed by atoms with Gasteiger partial charge in [0.15, 0.2) is 0 Å². The van der Waals surface area contributed by atoms with Crippen LogP contribution in [0, 0.1) is 23.1 Å². The maximum atomic E-state index is 13.0. The van der Waals surface area contributed by atoms with Crippen molar-refractivity contribution in [1.29, 1.82) is 5.26 Å². The van der Waals surface area contributed by atoms with Crippen LogP contribution in [0.15, 0.2) is 18.2 Å². The Morgan fingerprint density at radius 2 is 2.00 bits per heavy atom. The van der Waals surface area contributed by atoms with Crippen LogP contribution >= 0.6 is 0 Å². The average molecular weight is 286 g/mol. The number of hydrogen-bond acceptors (Lipinski definition) is 2. The minimum atomic E-state index is -4.18. The van der Waals surface area contributed by atoms with Crippen LogP contribution in [0.2, 0.25) is 0 Å². The van der Waals surface area contributed by atoms with Gasteiger partial charge in [0.05, 0.1) is 17.2 Å². The molecule has 0 bridgehead atoms. The molecule has 0 saturated heterocycles. The molecule has 1 aromatic carbocycles. The Bertz CT molecular complexity index is 519. The SMILES string of the molecule is N#Cc1cc(F)ccc1NC1CCCC(C(F)(F)F)C1. The van der Waals surface area contributed by atoms with Gasteiger partial charge in [0.2, 0.25) is 0 Å². The Balaban J connectivity index is 2.09. The van der Waals surface area contributed by atoms with Gasteiger partial charge in [-0.1, -0.05) is 6.42 Å². The Kier molecular flexibility index (Phi) is 4.17. The first kappa shape index (κ1) is 14.6. The van der Waals surface area contributed by atoms with E-state index in [0.717, 1.165) is 6.07 Å². The maximum absolute atomic E-state index is 13.0. The molecule has 6 heteroatoms. The number of hydrogen-bond donors (Lipinski definition) is 1. The van der Waals surface area contributed by atoms with E-state index < -0.39 is 17.9 Å². The molecule has 0 spiro atoms. The number of rotatable bonds is 2. The predicted octanol–water partition coefficient (Wildman–Crippen LogP) is 4.23. The lowest BCUT2D eigenvalue weighted by Crippen LogP contribution is -2.34. The molecule has 2 unspecified atom stereocenters. The number of nitrogens with one attached hydrogen (secondary N) is 1. The van der Waals surface area contributed by atoms with Gasteiger partial charge in [-0.3, -0.25) is 0 Å². The van der Waals surface area contributed by atoms with E-state index in [1.54, 1.807) is 0 Å². The van der Waals surface area contributed by atoms with E-state index in [1.807, 2.05) is 6.07 Å². The molecule has 0 amide bonds. The van der Waals surface area contributed by atoms with Crippen molar-refractivity contribution in [2.24, 2.45) is 5.92 Å². The van der Waals surface area contributed by atoms with E-state index in [9.17, 15) is 17.6 Å². The van der Waals surface area contributed by atoms with Crippen molar-refractivity contribution >= 4 is 5.69 Å². The molecule has 0 radical (unpaired) electrons. The predicted molar refractivity (Wildman–Crippen MR) is 66.5 cm³/mol. The van der Waals surface area contributed by atoms with Gasteiger partial charge in [0.25, 0.3) is 0 Å². The summed E-state index contributed by atoms with van der Waals surface area (Å²) >= 11 is 0. The zero-order chi connectivity index (χ0) is 14.8. The van der Waals surface area contributed by atoms with Crippen LogP contribution in [0.25, 0.3) is 0 Å². The van der Waals surface area contributed by atoms with Crippen molar-refractivity contribution in [3.63, 3.8) is 0 Å². The van der Waals surface area contributed by atoms with Crippen LogP contribution < -0.4 is 5.32 Å². The molecule has 1 N–H and O–H groups in total. The molecule has 1 fully saturated rings. The fourth-order valence-electron chi connectivity index (χ4n) is 2.57. The highest BCUT2D eigenvalue weighted by atomic mass is 19.4. The summed E-state index contributed by atoms with van der Waals surface area (Å²) in [6.07, 6.45) is -2.93. The second-order valence-corrected chi connectivity index (χ2v) is 5.05. The lowest BCUT2D eigenvalue weighted by Gasteiger charge is -2.31. The molecule has 2 atom stereocenters. The average Bonchev–Trinajstić information content (AvgIpc) is 2.40. The van der Waals surface area contributed by atoms with E-state index in [1.165, 1.54) is 12.1 Å². The highest BCUT2D eigenvalue weighted by molar-refractivity contribution is 5.57. The monoisotopic (exact) mass is 286 g/mol. The number of anilines is 1. The molecular weight excluding hydrogens is 272 g/mol. The molecule has 2 rings (SSSR count). The van der Waals surface area contributed by atoms with Crippen LogP contribution in [0.5, 0.6) is 0 Å². The summed E-state index contributed by atoms with van der Waals surface area (Å²) in [6.45, 7) is 0. The van der Waals surface area contributed by atoms with E-state index in [-0.39, 0.29) is 24.4 Å². The van der Waals surface area contributed by atoms with Crippen molar-refractivity contribution in [3.8, 4) is 6.07 Å². The fraction of sp³-hybridized carbons (Fsp3) is 0.500. The van der Waals surface area contributed by atoms with Crippen molar-refractivity contribution in [2.75, 3.05) is 5.32 Å². The topological polar surface area (TPSA) is 35.8 Å². The number of nitrogens with zero attached hydrogens (tertiary/aromatic N) is 1. The number of benzene rings is 1. The van der Waals surface area contributed by atoms with E-state index in [4.69, 9.17) is 5.26 Å². The molecule has 108 valence electrons. The van der Waals surface area contributed by atoms with Crippen molar-refractivity contribution in [3.05, 3.63) is 29.6 Å². The third kappa shape index (κ3) is 3.41. The lowest BCUT2D eigenvalue weighted by atomic mass is 9.85. The number of halogens is 4. The first-order chi connectivity index (χ1) is 9.40. The summed E-state index contributed by atoms with van der Waals surface area (Å²) in [7, 11) is 0. The molecule has 2 nitrogen and oxygen atoms in total. The van der Waals surface area contributed by atoms with Gasteiger partial charge < -0.3 is 5.32 Å². The van der Waals surface area contributed by atoms with Gasteiger partial charge in [-0.05, 0) is 37.5 Å². The summed E-state index contributed by atoms with van der Waals surface area (Å²) in [6, 6.07) is 5.16. The highest BCUT2D eigenvalue weighted by Gasteiger charge is 2.42. The minimum absolute atomic E-state index is 0.00819. The van der Waals surface area contributed by atoms with E-state index in [2.05, 4.69) is 5.32 Å². The molecule has 0 aromatic heterocycles. The van der Waals surface area contributed by atoms with Crippen LogP contribution in [-0.2, 0) is 0 Å². The van der Waals surface area contributed by atoms with Gasteiger partial charge in [0.1, 0.15) is 11.9 Å². The standard InChI is InChI=1S/C14H14F4N2/c15-11-4-5-13(9(6-11)8-19)20-12-3-1-2-10(7-12)14(16,17)18/h4-6,10,12,20H,1-3,7H2. The second kappa shape index (κ2) is 5.70. The lowest BCUT2D eigenvalue weighted by molar-refractivity contribution is -0.182. The van der Waals surface area contributed by atoms with E-state index in [0.29, 0.717) is 18.5 Å². The Labute approximate surface area is 114 Å². The fourth-order valence-corrected chi connectivity index (χ4v) is 2.57. The van der Waals surface area contributed by atoms with E-state index >= 15 is 0 Å². The number of alkyl halides is 3. The molecular formula is C14H14F4N2. The smallest absolute Gasteiger partial charge is 0.381 e. The zero-order valence-corrected chi connectivity index (χ0v) is 10.7. The highest BCUT2D eigenvalue weighted by Crippen LogP contribution is 2.38. The van der Waals surface area contributed by atoms with Crippen LogP contribution in [-0.4, -0.2) is 12.2 Å². The molecule has 0 aliphatic heterocycles. The zero-order valence-electron chi connectivity index (χ0n) is 10.7. The molecule has 1 aliphatic carbocycles. The Hall–Kier alpha value is -1.77. The summed E-state index contributed by atoms with van der Waals surface area (Å²) in [5.74, 6) is -1.84. The number of nitriles is 1. The van der Waals surface area contributed by atoms with Crippen LogP contribution in [0.1, 0.15) is 31.2 Å². The summed E-state index contributed by atoms with van der Waals surface area (Å²) < 4.78 is 51.2. The van der Waals surface area contributed by atoms with Crippen LogP contribution in [0.3, 0.4) is 0 Å². The summed E-state index contributed by atoms with van der Waals surface area (Å²) in [5.41, 5.74) is 0.501. The molecule has 1 aliphatic rings. The van der Waals surface area contributed by atoms with Gasteiger partial charge >= 0.3 is 6.18 Å². The van der Waals surface area contributed by atoms with Gasteiger partial charge in [0, 0.05) is 6.04 Å². The van der Waals surface area contributed by atoms with Crippen LogP contribution in [0.4, 0.5) is 23.2 Å². The Morgan fingerprint density at radius 3 is 2.65 bits per heavy atom. The van der Waals surface area contributed by atoms with Crippen molar-refractivity contribution in [2.45, 2.75) is 37.9 Å². The maximum Gasteiger partial charge on any atom is 0.391 e. The summed E-state index contributed by atoms with van der Waals surface area (Å²) in [4.78, 5) is 0. The largest absolute Gasteiger partial charge is 0.391 e. The van der Waals surface area contributed by atoms with Gasteiger partial charge in [-0.25, -0.2) is 4.39 Å². The summed E-state index contributed by atoms with van der Waals surface area (Å²) in [5, 5.41) is 11.9. The normalized spacial score (nSPS) is 23.1.